The molecule has 0 N–H and O–H groups in total. The van der Waals surface area contributed by atoms with Crippen LogP contribution in [0.4, 0.5) is 0 Å². The van der Waals surface area contributed by atoms with E-state index in [-0.39, 0.29) is 5.91 Å². The number of methoxy groups -OCH3 is 1. The number of nitrogens with zero attached hydrogens (tertiary/aromatic N) is 2. The smallest absolute Gasteiger partial charge is 0.289 e. The first-order valence-corrected chi connectivity index (χ1v) is 10.3. The standard InChI is InChI=1S/C22H26N2O4S/c1-15-10-16(2)17(3)20(11-15)28-13-21-23-18(14-29-21)12-24(7-9-26-4)22(25)19-6-5-8-27-19/h5-6,8,10-11,14H,7,9,12-13H2,1-4H3. The fourth-order valence-electron chi connectivity index (χ4n) is 2.98. The number of carbonyl (C=O) groups is 1. The van der Waals surface area contributed by atoms with E-state index in [9.17, 15) is 4.79 Å². The number of aromatic nitrogens is 1. The Morgan fingerprint density at radius 1 is 1.28 bits per heavy atom. The van der Waals surface area contributed by atoms with Crippen LogP contribution in [0.1, 0.15) is 37.9 Å². The third kappa shape index (κ3) is 5.46. The van der Waals surface area contributed by atoms with Crippen LogP contribution in [0.2, 0.25) is 0 Å². The van der Waals surface area contributed by atoms with Gasteiger partial charge in [-0.05, 0) is 55.7 Å². The van der Waals surface area contributed by atoms with E-state index >= 15 is 0 Å². The van der Waals surface area contributed by atoms with Crippen LogP contribution in [-0.4, -0.2) is 36.1 Å². The summed E-state index contributed by atoms with van der Waals surface area (Å²) >= 11 is 1.53. The Bertz CT molecular complexity index is 950. The molecule has 0 unspecified atom stereocenters. The van der Waals surface area contributed by atoms with Crippen molar-refractivity contribution in [1.82, 2.24) is 9.88 Å². The van der Waals surface area contributed by atoms with E-state index in [0.29, 0.717) is 32.1 Å². The average Bonchev–Trinajstić information content (AvgIpc) is 3.38. The zero-order chi connectivity index (χ0) is 20.8. The van der Waals surface area contributed by atoms with Crippen LogP contribution in [0, 0.1) is 20.8 Å². The molecule has 29 heavy (non-hydrogen) atoms. The number of benzene rings is 1. The number of hydrogen-bond acceptors (Lipinski definition) is 6. The number of rotatable bonds is 9. The SMILES string of the molecule is COCCN(Cc1csc(COc2cc(C)cc(C)c2C)n1)C(=O)c1ccco1. The summed E-state index contributed by atoms with van der Waals surface area (Å²) in [6.07, 6.45) is 1.50. The summed E-state index contributed by atoms with van der Waals surface area (Å²) in [5.41, 5.74) is 4.35. The summed E-state index contributed by atoms with van der Waals surface area (Å²) < 4.78 is 16.4. The van der Waals surface area contributed by atoms with E-state index < -0.39 is 0 Å². The molecular weight excluding hydrogens is 388 g/mol. The highest BCUT2D eigenvalue weighted by atomic mass is 32.1. The number of aryl methyl sites for hydroxylation is 2. The molecule has 0 fully saturated rings. The van der Waals surface area contributed by atoms with Gasteiger partial charge in [0.2, 0.25) is 0 Å². The Balaban J connectivity index is 1.65. The molecule has 0 aliphatic rings. The minimum Gasteiger partial charge on any atom is -0.486 e. The predicted octanol–water partition coefficient (Wildman–Crippen LogP) is 4.53. The second-order valence-corrected chi connectivity index (χ2v) is 7.87. The topological polar surface area (TPSA) is 64.8 Å². The Hall–Kier alpha value is -2.64. The van der Waals surface area contributed by atoms with Crippen molar-refractivity contribution in [2.24, 2.45) is 0 Å². The van der Waals surface area contributed by atoms with E-state index in [4.69, 9.17) is 13.9 Å². The van der Waals surface area contributed by atoms with Gasteiger partial charge >= 0.3 is 0 Å². The summed E-state index contributed by atoms with van der Waals surface area (Å²) in [6.45, 7) is 7.90. The fourth-order valence-corrected chi connectivity index (χ4v) is 3.68. The lowest BCUT2D eigenvalue weighted by molar-refractivity contribution is 0.0647. The van der Waals surface area contributed by atoms with Gasteiger partial charge in [-0.15, -0.1) is 11.3 Å². The van der Waals surface area contributed by atoms with Crippen LogP contribution in [0.15, 0.2) is 40.3 Å². The highest BCUT2D eigenvalue weighted by molar-refractivity contribution is 7.09. The number of ether oxygens (including phenoxy) is 2. The molecule has 0 aliphatic carbocycles. The number of furan rings is 1. The first-order valence-electron chi connectivity index (χ1n) is 9.43. The van der Waals surface area contributed by atoms with Gasteiger partial charge in [0.1, 0.15) is 17.4 Å². The first kappa shape index (κ1) is 21.1. The predicted molar refractivity (Wildman–Crippen MR) is 112 cm³/mol. The van der Waals surface area contributed by atoms with Gasteiger partial charge in [-0.1, -0.05) is 6.07 Å². The number of carbonyl (C=O) groups excluding carboxylic acids is 1. The van der Waals surface area contributed by atoms with E-state index in [1.165, 1.54) is 28.7 Å². The molecule has 3 aromatic rings. The van der Waals surface area contributed by atoms with E-state index in [1.54, 1.807) is 24.1 Å². The molecule has 2 heterocycles. The molecule has 0 radical (unpaired) electrons. The maximum absolute atomic E-state index is 12.7. The van der Waals surface area contributed by atoms with Gasteiger partial charge in [-0.2, -0.15) is 0 Å². The van der Waals surface area contributed by atoms with E-state index in [0.717, 1.165) is 22.0 Å². The van der Waals surface area contributed by atoms with Crippen molar-refractivity contribution < 1.29 is 18.7 Å². The molecule has 7 heteroatoms. The third-order valence-corrected chi connectivity index (χ3v) is 5.52. The molecule has 0 spiro atoms. The molecular formula is C22H26N2O4S. The molecule has 2 aromatic heterocycles. The molecule has 0 aliphatic heterocycles. The fraction of sp³-hybridized carbons (Fsp3) is 0.364. The summed E-state index contributed by atoms with van der Waals surface area (Å²) in [5.74, 6) is 1.02. The number of thiazole rings is 1. The maximum Gasteiger partial charge on any atom is 0.289 e. The molecule has 1 aromatic carbocycles. The van der Waals surface area contributed by atoms with Crippen LogP contribution in [-0.2, 0) is 17.9 Å². The molecule has 0 saturated carbocycles. The number of hydrogen-bond donors (Lipinski definition) is 0. The summed E-state index contributed by atoms with van der Waals surface area (Å²) in [6, 6.07) is 7.56. The number of amides is 1. The summed E-state index contributed by atoms with van der Waals surface area (Å²) in [4.78, 5) is 19.0. The lowest BCUT2D eigenvalue weighted by Gasteiger charge is -2.20. The third-order valence-electron chi connectivity index (χ3n) is 4.65. The molecule has 3 rings (SSSR count). The first-order chi connectivity index (χ1) is 14.0. The zero-order valence-electron chi connectivity index (χ0n) is 17.2. The Morgan fingerprint density at radius 3 is 2.83 bits per heavy atom. The van der Waals surface area contributed by atoms with E-state index in [1.807, 2.05) is 11.4 Å². The van der Waals surface area contributed by atoms with Gasteiger partial charge in [0, 0.05) is 19.0 Å². The van der Waals surface area contributed by atoms with Crippen molar-refractivity contribution in [1.29, 1.82) is 0 Å². The molecule has 1 amide bonds. The normalized spacial score (nSPS) is 10.9. The van der Waals surface area contributed by atoms with Crippen molar-refractivity contribution >= 4 is 17.2 Å². The molecule has 0 saturated heterocycles. The second-order valence-electron chi connectivity index (χ2n) is 6.92. The van der Waals surface area contributed by atoms with Gasteiger partial charge in [0.15, 0.2) is 5.76 Å². The van der Waals surface area contributed by atoms with Crippen LogP contribution in [0.3, 0.4) is 0 Å². The van der Waals surface area contributed by atoms with Crippen molar-refractivity contribution in [2.75, 3.05) is 20.3 Å². The summed E-state index contributed by atoms with van der Waals surface area (Å²) in [5, 5.41) is 2.83. The van der Waals surface area contributed by atoms with Crippen molar-refractivity contribution in [3.8, 4) is 5.75 Å². The lowest BCUT2D eigenvalue weighted by Crippen LogP contribution is -2.33. The largest absolute Gasteiger partial charge is 0.486 e. The van der Waals surface area contributed by atoms with Crippen molar-refractivity contribution in [2.45, 2.75) is 33.9 Å². The highest BCUT2D eigenvalue weighted by Crippen LogP contribution is 2.25. The zero-order valence-corrected chi connectivity index (χ0v) is 18.0. The Labute approximate surface area is 175 Å². The minimum atomic E-state index is -0.177. The Morgan fingerprint density at radius 2 is 2.10 bits per heavy atom. The molecule has 0 atom stereocenters. The maximum atomic E-state index is 12.7. The van der Waals surface area contributed by atoms with Gasteiger partial charge < -0.3 is 18.8 Å². The minimum absolute atomic E-state index is 0.177. The van der Waals surface area contributed by atoms with Crippen molar-refractivity contribution in [3.05, 3.63) is 69.1 Å². The monoisotopic (exact) mass is 414 g/mol. The van der Waals surface area contributed by atoms with Crippen LogP contribution < -0.4 is 4.74 Å². The summed E-state index contributed by atoms with van der Waals surface area (Å²) in [7, 11) is 1.61. The molecule has 6 nitrogen and oxygen atoms in total. The Kier molecular flexibility index (Phi) is 7.06. The van der Waals surface area contributed by atoms with Crippen LogP contribution in [0.5, 0.6) is 5.75 Å². The molecule has 154 valence electrons. The van der Waals surface area contributed by atoms with Gasteiger partial charge in [-0.25, -0.2) is 4.98 Å². The van der Waals surface area contributed by atoms with Crippen LogP contribution >= 0.6 is 11.3 Å². The lowest BCUT2D eigenvalue weighted by atomic mass is 10.1. The van der Waals surface area contributed by atoms with Gasteiger partial charge in [-0.3, -0.25) is 4.79 Å². The molecule has 0 bridgehead atoms. The van der Waals surface area contributed by atoms with Crippen molar-refractivity contribution in [3.63, 3.8) is 0 Å². The van der Waals surface area contributed by atoms with Gasteiger partial charge in [0.05, 0.1) is 25.1 Å². The average molecular weight is 415 g/mol. The van der Waals surface area contributed by atoms with Crippen LogP contribution in [0.25, 0.3) is 0 Å². The second kappa shape index (κ2) is 9.71. The van der Waals surface area contributed by atoms with E-state index in [2.05, 4.69) is 31.8 Å². The van der Waals surface area contributed by atoms with Gasteiger partial charge in [0.25, 0.3) is 5.91 Å². The quantitative estimate of drug-likeness (QED) is 0.515. The highest BCUT2D eigenvalue weighted by Gasteiger charge is 2.19.